The Bertz CT molecular complexity index is 949. The van der Waals surface area contributed by atoms with Gasteiger partial charge in [0.05, 0.1) is 12.3 Å². The summed E-state index contributed by atoms with van der Waals surface area (Å²) in [4.78, 5) is 15.7. The summed E-state index contributed by atoms with van der Waals surface area (Å²) in [5, 5.41) is 5.43. The number of amides is 1. The lowest BCUT2D eigenvalue weighted by molar-refractivity contribution is -0.118. The molecule has 0 unspecified atom stereocenters. The van der Waals surface area contributed by atoms with Gasteiger partial charge in [0, 0.05) is 23.4 Å². The summed E-state index contributed by atoms with van der Waals surface area (Å²) in [6, 6.07) is 14.5. The molecule has 158 valence electrons. The maximum atomic E-state index is 12.3. The highest BCUT2D eigenvalue weighted by atomic mass is 32.2. The van der Waals surface area contributed by atoms with Crippen molar-refractivity contribution in [2.24, 2.45) is 5.41 Å². The molecule has 4 heteroatoms. The second-order valence-corrected chi connectivity index (χ2v) is 9.21. The van der Waals surface area contributed by atoms with Gasteiger partial charge in [0.15, 0.2) is 0 Å². The first-order valence-corrected chi connectivity index (χ1v) is 11.5. The Morgan fingerprint density at radius 1 is 1.07 bits per heavy atom. The molecule has 0 aliphatic rings. The normalized spacial score (nSPS) is 10.8. The summed E-state index contributed by atoms with van der Waals surface area (Å²) in [5.41, 5.74) is -0.0217. The van der Waals surface area contributed by atoms with Crippen molar-refractivity contribution in [2.45, 2.75) is 39.0 Å². The Labute approximate surface area is 186 Å². The number of benzene rings is 2. The van der Waals surface area contributed by atoms with E-state index in [1.807, 2.05) is 18.2 Å². The van der Waals surface area contributed by atoms with Crippen LogP contribution in [0.25, 0.3) is 10.8 Å². The molecule has 0 saturated heterocycles. The Kier molecular flexibility index (Phi) is 9.81. The van der Waals surface area contributed by atoms with Gasteiger partial charge in [-0.15, -0.1) is 11.8 Å². The molecule has 0 heterocycles. The fraction of sp³-hybridized carbons (Fsp3) is 0.423. The van der Waals surface area contributed by atoms with E-state index in [0.29, 0.717) is 18.8 Å². The Morgan fingerprint density at radius 2 is 1.83 bits per heavy atom. The van der Waals surface area contributed by atoms with E-state index in [4.69, 9.17) is 0 Å². The summed E-state index contributed by atoms with van der Waals surface area (Å²) < 4.78 is 0. The van der Waals surface area contributed by atoms with Gasteiger partial charge >= 0.3 is 0 Å². The van der Waals surface area contributed by atoms with Crippen molar-refractivity contribution in [1.29, 1.82) is 0 Å². The number of hydrogen-bond donors (Lipinski definition) is 1. The molecular formula is C26H32N2OS. The Morgan fingerprint density at radius 3 is 2.60 bits per heavy atom. The van der Waals surface area contributed by atoms with Crippen LogP contribution in [0.2, 0.25) is 0 Å². The molecule has 0 fully saturated rings. The van der Waals surface area contributed by atoms with Gasteiger partial charge in [-0.05, 0) is 62.4 Å². The Balaban J connectivity index is 1.77. The number of nitrogens with zero attached hydrogens (tertiary/aromatic N) is 1. The number of hydrogen-bond acceptors (Lipinski definition) is 3. The summed E-state index contributed by atoms with van der Waals surface area (Å²) in [6.45, 7) is 11.4. The van der Waals surface area contributed by atoms with Crippen LogP contribution in [-0.2, 0) is 4.79 Å². The molecule has 0 aliphatic heterocycles. The van der Waals surface area contributed by atoms with Crippen LogP contribution in [0.3, 0.4) is 0 Å². The van der Waals surface area contributed by atoms with E-state index >= 15 is 0 Å². The van der Waals surface area contributed by atoms with Crippen LogP contribution >= 0.6 is 11.8 Å². The van der Waals surface area contributed by atoms with Crippen LogP contribution in [0.15, 0.2) is 47.4 Å². The second kappa shape index (κ2) is 12.3. The van der Waals surface area contributed by atoms with Gasteiger partial charge in [-0.3, -0.25) is 9.69 Å². The van der Waals surface area contributed by atoms with E-state index in [-0.39, 0.29) is 11.3 Å². The van der Waals surface area contributed by atoms with Crippen molar-refractivity contribution in [1.82, 2.24) is 10.2 Å². The molecule has 2 aromatic rings. The zero-order valence-corrected chi connectivity index (χ0v) is 19.4. The summed E-state index contributed by atoms with van der Waals surface area (Å²) in [6.07, 6.45) is 1.06. The van der Waals surface area contributed by atoms with Crippen LogP contribution in [0.1, 0.15) is 34.1 Å². The highest BCUT2D eigenvalue weighted by Crippen LogP contribution is 2.27. The SMILES string of the molecule is CCCN(CC#CC#CC(C)(C)C)CCNC(=O)CSc1cccc2ccccc12. The van der Waals surface area contributed by atoms with Gasteiger partial charge in [-0.1, -0.05) is 55.2 Å². The number of nitrogens with one attached hydrogen (secondary N) is 1. The van der Waals surface area contributed by atoms with Gasteiger partial charge in [0.1, 0.15) is 0 Å². The predicted octanol–water partition coefficient (Wildman–Crippen LogP) is 4.81. The molecule has 30 heavy (non-hydrogen) atoms. The lowest BCUT2D eigenvalue weighted by Gasteiger charge is -2.18. The van der Waals surface area contributed by atoms with Gasteiger partial charge in [0.25, 0.3) is 0 Å². The number of rotatable bonds is 9. The molecule has 0 spiro atoms. The van der Waals surface area contributed by atoms with Crippen molar-refractivity contribution >= 4 is 28.4 Å². The third-order valence-electron chi connectivity index (χ3n) is 4.29. The average Bonchev–Trinajstić information content (AvgIpc) is 2.71. The number of carbonyl (C=O) groups is 1. The van der Waals surface area contributed by atoms with Gasteiger partial charge in [0.2, 0.25) is 5.91 Å². The molecular weight excluding hydrogens is 388 g/mol. The van der Waals surface area contributed by atoms with Crippen molar-refractivity contribution in [2.75, 3.05) is 31.9 Å². The fourth-order valence-electron chi connectivity index (χ4n) is 2.87. The molecule has 1 N–H and O–H groups in total. The maximum Gasteiger partial charge on any atom is 0.230 e. The van der Waals surface area contributed by atoms with Crippen molar-refractivity contribution in [3.05, 3.63) is 42.5 Å². The third-order valence-corrected chi connectivity index (χ3v) is 5.36. The topological polar surface area (TPSA) is 32.3 Å². The summed E-state index contributed by atoms with van der Waals surface area (Å²) in [5.74, 6) is 12.6. The second-order valence-electron chi connectivity index (χ2n) is 8.19. The van der Waals surface area contributed by atoms with Gasteiger partial charge in [-0.2, -0.15) is 0 Å². The van der Waals surface area contributed by atoms with Gasteiger partial charge in [-0.25, -0.2) is 0 Å². The lowest BCUT2D eigenvalue weighted by Crippen LogP contribution is -2.36. The molecule has 2 aromatic carbocycles. The Hall–Kier alpha value is -2.40. The van der Waals surface area contributed by atoms with Crippen molar-refractivity contribution < 1.29 is 4.79 Å². The van der Waals surface area contributed by atoms with Crippen LogP contribution in [-0.4, -0.2) is 42.7 Å². The van der Waals surface area contributed by atoms with Crippen LogP contribution < -0.4 is 5.32 Å². The first-order valence-electron chi connectivity index (χ1n) is 10.5. The number of carbonyl (C=O) groups excluding carboxylic acids is 1. The molecule has 0 bridgehead atoms. The standard InChI is InChI=1S/C26H32N2OS/c1-5-18-28(19-10-6-9-16-26(2,3)4)20-17-27-25(29)21-30-24-15-11-13-22-12-7-8-14-23(22)24/h7-8,11-15H,5,17-21H2,1-4H3,(H,27,29). The van der Waals surface area contributed by atoms with Crippen molar-refractivity contribution in [3.63, 3.8) is 0 Å². The monoisotopic (exact) mass is 420 g/mol. The first kappa shape index (κ1) is 23.9. The quantitative estimate of drug-likeness (QED) is 0.467. The molecule has 3 nitrogen and oxygen atoms in total. The van der Waals surface area contributed by atoms with Gasteiger partial charge < -0.3 is 5.32 Å². The zero-order valence-electron chi connectivity index (χ0n) is 18.5. The van der Waals surface area contributed by atoms with E-state index < -0.39 is 0 Å². The van der Waals surface area contributed by atoms with E-state index in [9.17, 15) is 4.79 Å². The van der Waals surface area contributed by atoms with E-state index in [0.717, 1.165) is 24.4 Å². The summed E-state index contributed by atoms with van der Waals surface area (Å²) >= 11 is 1.59. The minimum atomic E-state index is -0.0217. The third kappa shape index (κ3) is 8.95. The maximum absolute atomic E-state index is 12.3. The van der Waals surface area contributed by atoms with E-state index in [1.54, 1.807) is 11.8 Å². The van der Waals surface area contributed by atoms with Crippen molar-refractivity contribution in [3.8, 4) is 23.7 Å². The molecule has 1 amide bonds. The predicted molar refractivity (Wildman–Crippen MR) is 129 cm³/mol. The first-order chi connectivity index (χ1) is 14.4. The minimum absolute atomic E-state index is 0.0217. The molecule has 0 saturated carbocycles. The lowest BCUT2D eigenvalue weighted by atomic mass is 9.98. The molecule has 0 aliphatic carbocycles. The van der Waals surface area contributed by atoms with Crippen LogP contribution in [0, 0.1) is 29.1 Å². The molecule has 2 rings (SSSR count). The zero-order chi connectivity index (χ0) is 21.8. The smallest absolute Gasteiger partial charge is 0.230 e. The van der Waals surface area contributed by atoms with E-state index in [1.165, 1.54) is 10.8 Å². The van der Waals surface area contributed by atoms with Crippen LogP contribution in [0.4, 0.5) is 0 Å². The fourth-order valence-corrected chi connectivity index (χ4v) is 3.77. The molecule has 0 radical (unpaired) electrons. The minimum Gasteiger partial charge on any atom is -0.354 e. The number of fused-ring (bicyclic) bond motifs is 1. The summed E-state index contributed by atoms with van der Waals surface area (Å²) in [7, 11) is 0. The highest BCUT2D eigenvalue weighted by Gasteiger charge is 2.07. The number of thioether (sulfide) groups is 1. The van der Waals surface area contributed by atoms with Crippen LogP contribution in [0.5, 0.6) is 0 Å². The largest absolute Gasteiger partial charge is 0.354 e. The average molecular weight is 421 g/mol. The highest BCUT2D eigenvalue weighted by molar-refractivity contribution is 8.00. The van der Waals surface area contributed by atoms with E-state index in [2.05, 4.69) is 85.9 Å². The molecule has 0 aromatic heterocycles. The molecule has 0 atom stereocenters.